The quantitative estimate of drug-likeness (QED) is 0.721. The van der Waals surface area contributed by atoms with Crippen LogP contribution in [0.5, 0.6) is 0 Å². The highest BCUT2D eigenvalue weighted by molar-refractivity contribution is 6.04. The van der Waals surface area contributed by atoms with Gasteiger partial charge < -0.3 is 5.32 Å². The zero-order chi connectivity index (χ0) is 19.3. The molecule has 0 atom stereocenters. The van der Waals surface area contributed by atoms with Crippen molar-refractivity contribution in [3.05, 3.63) is 59.4 Å². The van der Waals surface area contributed by atoms with Crippen LogP contribution in [-0.2, 0) is 5.41 Å². The van der Waals surface area contributed by atoms with Gasteiger partial charge in [0, 0.05) is 28.6 Å². The molecule has 4 bridgehead atoms. The predicted octanol–water partition coefficient (Wildman–Crippen LogP) is 5.93. The Morgan fingerprint density at radius 3 is 2.18 bits per heavy atom. The molecule has 4 fully saturated rings. The van der Waals surface area contributed by atoms with E-state index in [1.54, 1.807) is 0 Å². The molecule has 1 aromatic carbocycles. The molecule has 4 aliphatic carbocycles. The first-order chi connectivity index (χ1) is 13.5. The third-order valence-electron chi connectivity index (χ3n) is 7.44. The molecule has 3 nitrogen and oxygen atoms in total. The van der Waals surface area contributed by atoms with Gasteiger partial charge in [0.1, 0.15) is 0 Å². The van der Waals surface area contributed by atoms with Gasteiger partial charge in [-0.15, -0.1) is 0 Å². The molecule has 4 aliphatic rings. The van der Waals surface area contributed by atoms with Crippen LogP contribution in [0.3, 0.4) is 0 Å². The lowest BCUT2D eigenvalue weighted by atomic mass is 9.48. The Hall–Kier alpha value is -2.16. The van der Waals surface area contributed by atoms with Crippen molar-refractivity contribution in [1.29, 1.82) is 0 Å². The van der Waals surface area contributed by atoms with Crippen LogP contribution in [0.25, 0.3) is 0 Å². The Morgan fingerprint density at radius 2 is 1.61 bits per heavy atom. The standard InChI is InChI=1S/C25H30N2O/c1-16(2)20-3-5-22(6-4-20)27-24(28)21-7-8-26-23(12-21)25-13-17-9-18(14-25)11-19(10-17)15-25/h3-8,12,16-19H,9-11,13-15H2,1-2H3,(H,27,28). The Morgan fingerprint density at radius 1 is 1.00 bits per heavy atom. The van der Waals surface area contributed by atoms with Crippen LogP contribution in [0.1, 0.15) is 79.9 Å². The van der Waals surface area contributed by atoms with Crippen molar-refractivity contribution < 1.29 is 4.79 Å². The van der Waals surface area contributed by atoms with Gasteiger partial charge in [-0.25, -0.2) is 0 Å². The minimum absolute atomic E-state index is 0.0364. The van der Waals surface area contributed by atoms with Gasteiger partial charge in [0.25, 0.3) is 5.91 Å². The largest absolute Gasteiger partial charge is 0.322 e. The lowest BCUT2D eigenvalue weighted by Gasteiger charge is -2.56. The minimum Gasteiger partial charge on any atom is -0.322 e. The molecule has 1 amide bonds. The average molecular weight is 375 g/mol. The van der Waals surface area contributed by atoms with Crippen LogP contribution in [0.2, 0.25) is 0 Å². The van der Waals surface area contributed by atoms with Gasteiger partial charge in [0.15, 0.2) is 0 Å². The second-order valence-electron chi connectivity index (χ2n) is 9.86. The van der Waals surface area contributed by atoms with Crippen LogP contribution in [0.4, 0.5) is 5.69 Å². The molecule has 1 aromatic heterocycles. The number of benzene rings is 1. The first kappa shape index (κ1) is 17.9. The first-order valence-corrected chi connectivity index (χ1v) is 10.9. The normalized spacial score (nSPS) is 30.6. The van der Waals surface area contributed by atoms with Crippen molar-refractivity contribution in [3.8, 4) is 0 Å². The molecule has 146 valence electrons. The molecule has 0 radical (unpaired) electrons. The smallest absolute Gasteiger partial charge is 0.255 e. The number of anilines is 1. The first-order valence-electron chi connectivity index (χ1n) is 10.9. The number of carbonyl (C=O) groups is 1. The van der Waals surface area contributed by atoms with Gasteiger partial charge >= 0.3 is 0 Å². The van der Waals surface area contributed by atoms with E-state index in [1.165, 1.54) is 44.1 Å². The van der Waals surface area contributed by atoms with E-state index in [2.05, 4.69) is 37.4 Å². The lowest BCUT2D eigenvalue weighted by molar-refractivity contribution is -0.00721. The van der Waals surface area contributed by atoms with Gasteiger partial charge in [0.05, 0.1) is 0 Å². The highest BCUT2D eigenvalue weighted by Gasteiger charge is 2.52. The van der Waals surface area contributed by atoms with Crippen molar-refractivity contribution in [2.45, 2.75) is 63.7 Å². The van der Waals surface area contributed by atoms with Crippen molar-refractivity contribution in [3.63, 3.8) is 0 Å². The number of rotatable bonds is 4. The monoisotopic (exact) mass is 374 g/mol. The maximum Gasteiger partial charge on any atom is 0.255 e. The van der Waals surface area contributed by atoms with Gasteiger partial charge in [-0.3, -0.25) is 9.78 Å². The minimum atomic E-state index is -0.0364. The third kappa shape index (κ3) is 3.15. The summed E-state index contributed by atoms with van der Waals surface area (Å²) in [5.74, 6) is 3.10. The zero-order valence-corrected chi connectivity index (χ0v) is 16.9. The summed E-state index contributed by atoms with van der Waals surface area (Å²) in [5.41, 5.74) is 4.25. The number of hydrogen-bond donors (Lipinski definition) is 1. The highest BCUT2D eigenvalue weighted by atomic mass is 16.1. The molecule has 0 saturated heterocycles. The third-order valence-corrected chi connectivity index (χ3v) is 7.44. The number of nitrogens with one attached hydrogen (secondary N) is 1. The Balaban J connectivity index is 1.36. The van der Waals surface area contributed by atoms with E-state index < -0.39 is 0 Å². The summed E-state index contributed by atoms with van der Waals surface area (Å²) >= 11 is 0. The summed E-state index contributed by atoms with van der Waals surface area (Å²) in [7, 11) is 0. The van der Waals surface area contributed by atoms with Crippen molar-refractivity contribution in [1.82, 2.24) is 4.98 Å². The predicted molar refractivity (Wildman–Crippen MR) is 113 cm³/mol. The summed E-state index contributed by atoms with van der Waals surface area (Å²) in [6.45, 7) is 4.35. The number of hydrogen-bond acceptors (Lipinski definition) is 2. The fourth-order valence-electron chi connectivity index (χ4n) is 6.44. The lowest BCUT2D eigenvalue weighted by Crippen LogP contribution is -2.49. The van der Waals surface area contributed by atoms with E-state index in [9.17, 15) is 4.79 Å². The van der Waals surface area contributed by atoms with E-state index in [-0.39, 0.29) is 11.3 Å². The highest BCUT2D eigenvalue weighted by Crippen LogP contribution is 2.60. The topological polar surface area (TPSA) is 42.0 Å². The van der Waals surface area contributed by atoms with Crippen LogP contribution in [0, 0.1) is 17.8 Å². The van der Waals surface area contributed by atoms with E-state index in [0.29, 0.717) is 5.92 Å². The number of carbonyl (C=O) groups excluding carboxylic acids is 1. The molecule has 3 heteroatoms. The summed E-state index contributed by atoms with van der Waals surface area (Å²) in [6.07, 6.45) is 9.92. The molecular weight excluding hydrogens is 344 g/mol. The van der Waals surface area contributed by atoms with Gasteiger partial charge in [-0.05, 0) is 92.0 Å². The fraction of sp³-hybridized carbons (Fsp3) is 0.520. The van der Waals surface area contributed by atoms with Crippen molar-refractivity contribution in [2.75, 3.05) is 5.32 Å². The van der Waals surface area contributed by atoms with Gasteiger partial charge in [-0.2, -0.15) is 0 Å². The number of aromatic nitrogens is 1. The molecular formula is C25H30N2O. The molecule has 0 aliphatic heterocycles. The van der Waals surface area contributed by atoms with Crippen molar-refractivity contribution in [2.24, 2.45) is 17.8 Å². The molecule has 28 heavy (non-hydrogen) atoms. The molecule has 1 heterocycles. The van der Waals surface area contributed by atoms with E-state index in [0.717, 1.165) is 34.7 Å². The van der Waals surface area contributed by atoms with Crippen LogP contribution >= 0.6 is 0 Å². The summed E-state index contributed by atoms with van der Waals surface area (Å²) in [4.78, 5) is 17.6. The van der Waals surface area contributed by atoms with Crippen LogP contribution < -0.4 is 5.32 Å². The second-order valence-corrected chi connectivity index (χ2v) is 9.86. The second kappa shape index (κ2) is 6.72. The number of amides is 1. The maximum atomic E-state index is 12.9. The van der Waals surface area contributed by atoms with E-state index in [4.69, 9.17) is 4.98 Å². The molecule has 2 aromatic rings. The Bertz CT molecular complexity index is 848. The summed E-state index contributed by atoms with van der Waals surface area (Å²) in [6, 6.07) is 12.1. The van der Waals surface area contributed by atoms with E-state index in [1.807, 2.05) is 24.4 Å². The summed E-state index contributed by atoms with van der Waals surface area (Å²) in [5, 5.41) is 3.06. The molecule has 1 N–H and O–H groups in total. The molecule has 0 spiro atoms. The molecule has 4 saturated carbocycles. The summed E-state index contributed by atoms with van der Waals surface area (Å²) < 4.78 is 0. The van der Waals surface area contributed by atoms with Crippen LogP contribution in [0.15, 0.2) is 42.6 Å². The number of pyridine rings is 1. The van der Waals surface area contributed by atoms with Crippen molar-refractivity contribution >= 4 is 11.6 Å². The van der Waals surface area contributed by atoms with Gasteiger partial charge in [-0.1, -0.05) is 26.0 Å². The van der Waals surface area contributed by atoms with E-state index >= 15 is 0 Å². The number of nitrogens with zero attached hydrogens (tertiary/aromatic N) is 1. The fourth-order valence-corrected chi connectivity index (χ4v) is 6.44. The van der Waals surface area contributed by atoms with Crippen LogP contribution in [-0.4, -0.2) is 10.9 Å². The Labute approximate surface area is 168 Å². The molecule has 0 unspecified atom stereocenters. The average Bonchev–Trinajstić information content (AvgIpc) is 2.67. The maximum absolute atomic E-state index is 12.9. The Kier molecular flexibility index (Phi) is 4.30. The molecule has 6 rings (SSSR count). The van der Waals surface area contributed by atoms with Gasteiger partial charge in [0.2, 0.25) is 0 Å². The zero-order valence-electron chi connectivity index (χ0n) is 16.9. The SMILES string of the molecule is CC(C)c1ccc(NC(=O)c2ccnc(C34CC5CC(CC(C5)C3)C4)c2)cc1.